The number of esters is 1. The molecule has 0 aliphatic heterocycles. The summed E-state index contributed by atoms with van der Waals surface area (Å²) < 4.78 is 16.4. The molecule has 1 atom stereocenters. The summed E-state index contributed by atoms with van der Waals surface area (Å²) in [5.74, 6) is -0.0727. The number of furan rings is 1. The Hall–Kier alpha value is -3.28. The monoisotopic (exact) mass is 379 g/mol. The molecule has 1 N–H and O–H groups in total. The SMILES string of the molecule is COc1cc2c(cc1NC(=O)COC(=O)C[C@@H]1C=CCC1)oc1ccccc12. The number of allylic oxidation sites excluding steroid dienone is 2. The molecule has 2 aromatic carbocycles. The van der Waals surface area contributed by atoms with Gasteiger partial charge < -0.3 is 19.2 Å². The summed E-state index contributed by atoms with van der Waals surface area (Å²) in [6.07, 6.45) is 6.33. The Labute approximate surface area is 162 Å². The normalized spacial score (nSPS) is 15.8. The number of fused-ring (bicyclic) bond motifs is 3. The summed E-state index contributed by atoms with van der Waals surface area (Å²) in [6.45, 7) is -0.337. The minimum atomic E-state index is -0.427. The number of ether oxygens (including phenoxy) is 2. The van der Waals surface area contributed by atoms with Gasteiger partial charge in [-0.1, -0.05) is 30.4 Å². The van der Waals surface area contributed by atoms with Gasteiger partial charge >= 0.3 is 5.97 Å². The van der Waals surface area contributed by atoms with E-state index in [4.69, 9.17) is 13.9 Å². The zero-order valence-corrected chi connectivity index (χ0v) is 15.6. The van der Waals surface area contributed by atoms with Gasteiger partial charge in [-0.05, 0) is 30.9 Å². The van der Waals surface area contributed by atoms with Gasteiger partial charge in [-0.15, -0.1) is 0 Å². The Morgan fingerprint density at radius 1 is 1.18 bits per heavy atom. The number of carbonyl (C=O) groups is 2. The molecule has 1 heterocycles. The number of carbonyl (C=O) groups excluding carboxylic acids is 2. The first-order valence-corrected chi connectivity index (χ1v) is 9.25. The average molecular weight is 379 g/mol. The Morgan fingerprint density at radius 2 is 2.04 bits per heavy atom. The smallest absolute Gasteiger partial charge is 0.306 e. The molecule has 0 bridgehead atoms. The minimum Gasteiger partial charge on any atom is -0.495 e. The van der Waals surface area contributed by atoms with E-state index in [1.165, 1.54) is 7.11 Å². The number of rotatable bonds is 6. The lowest BCUT2D eigenvalue weighted by molar-refractivity contribution is -0.147. The van der Waals surface area contributed by atoms with Crippen LogP contribution in [0.1, 0.15) is 19.3 Å². The molecule has 1 aromatic heterocycles. The van der Waals surface area contributed by atoms with Gasteiger partial charge in [0.15, 0.2) is 6.61 Å². The van der Waals surface area contributed by atoms with Gasteiger partial charge in [0.1, 0.15) is 16.9 Å². The number of hydrogen-bond acceptors (Lipinski definition) is 5. The first-order valence-electron chi connectivity index (χ1n) is 9.25. The van der Waals surface area contributed by atoms with E-state index in [0.717, 1.165) is 29.2 Å². The second-order valence-corrected chi connectivity index (χ2v) is 6.83. The molecular formula is C22H21NO5. The van der Waals surface area contributed by atoms with Crippen LogP contribution in [0.3, 0.4) is 0 Å². The summed E-state index contributed by atoms with van der Waals surface area (Å²) in [4.78, 5) is 24.1. The molecule has 3 aromatic rings. The Morgan fingerprint density at radius 3 is 2.82 bits per heavy atom. The van der Waals surface area contributed by atoms with Crippen molar-refractivity contribution in [3.63, 3.8) is 0 Å². The van der Waals surface area contributed by atoms with Gasteiger partial charge in [0.25, 0.3) is 5.91 Å². The first-order chi connectivity index (χ1) is 13.6. The molecule has 1 aliphatic carbocycles. The second kappa shape index (κ2) is 7.76. The molecule has 0 saturated carbocycles. The molecule has 1 amide bonds. The third kappa shape index (κ3) is 3.71. The zero-order chi connectivity index (χ0) is 19.5. The van der Waals surface area contributed by atoms with E-state index in [2.05, 4.69) is 11.4 Å². The van der Waals surface area contributed by atoms with Crippen molar-refractivity contribution < 1.29 is 23.5 Å². The summed E-state index contributed by atoms with van der Waals surface area (Å²) in [6, 6.07) is 11.2. The van der Waals surface area contributed by atoms with Crippen molar-refractivity contribution in [2.24, 2.45) is 5.92 Å². The molecule has 0 unspecified atom stereocenters. The fourth-order valence-electron chi connectivity index (χ4n) is 3.49. The van der Waals surface area contributed by atoms with Crippen molar-refractivity contribution in [1.82, 2.24) is 0 Å². The predicted octanol–water partition coefficient (Wildman–Crippen LogP) is 4.43. The quantitative estimate of drug-likeness (QED) is 0.506. The van der Waals surface area contributed by atoms with Gasteiger partial charge in [-0.2, -0.15) is 0 Å². The second-order valence-electron chi connectivity index (χ2n) is 6.83. The third-order valence-corrected chi connectivity index (χ3v) is 4.88. The summed E-state index contributed by atoms with van der Waals surface area (Å²) in [7, 11) is 1.54. The number of benzene rings is 2. The summed E-state index contributed by atoms with van der Waals surface area (Å²) >= 11 is 0. The maximum Gasteiger partial charge on any atom is 0.306 e. The van der Waals surface area contributed by atoms with E-state index < -0.39 is 5.91 Å². The van der Waals surface area contributed by atoms with Crippen molar-refractivity contribution in [3.8, 4) is 5.75 Å². The topological polar surface area (TPSA) is 77.8 Å². The van der Waals surface area contributed by atoms with Gasteiger partial charge in [-0.25, -0.2) is 0 Å². The largest absolute Gasteiger partial charge is 0.495 e. The van der Waals surface area contributed by atoms with Crippen molar-refractivity contribution in [3.05, 3.63) is 48.6 Å². The Balaban J connectivity index is 1.45. The molecule has 4 rings (SSSR count). The number of nitrogens with one attached hydrogen (secondary N) is 1. The van der Waals surface area contributed by atoms with Crippen LogP contribution in [0.2, 0.25) is 0 Å². The molecule has 28 heavy (non-hydrogen) atoms. The van der Waals surface area contributed by atoms with Crippen molar-refractivity contribution >= 4 is 39.5 Å². The van der Waals surface area contributed by atoms with Crippen LogP contribution in [-0.4, -0.2) is 25.6 Å². The van der Waals surface area contributed by atoms with E-state index in [0.29, 0.717) is 23.4 Å². The maximum absolute atomic E-state index is 12.2. The molecule has 0 fully saturated rings. The lowest BCUT2D eigenvalue weighted by atomic mass is 10.1. The predicted molar refractivity (Wildman–Crippen MR) is 106 cm³/mol. The fourth-order valence-corrected chi connectivity index (χ4v) is 3.49. The fraction of sp³-hybridized carbons (Fsp3) is 0.273. The lowest BCUT2D eigenvalue weighted by Crippen LogP contribution is -2.21. The van der Waals surface area contributed by atoms with Gasteiger partial charge in [0, 0.05) is 16.8 Å². The van der Waals surface area contributed by atoms with E-state index in [-0.39, 0.29) is 18.5 Å². The maximum atomic E-state index is 12.2. The van der Waals surface area contributed by atoms with Crippen molar-refractivity contribution in [1.29, 1.82) is 0 Å². The van der Waals surface area contributed by atoms with Gasteiger partial charge in [-0.3, -0.25) is 9.59 Å². The van der Waals surface area contributed by atoms with Crippen LogP contribution in [0, 0.1) is 5.92 Å². The Kier molecular flexibility index (Phi) is 5.02. The highest BCUT2D eigenvalue weighted by Crippen LogP contribution is 2.36. The van der Waals surface area contributed by atoms with E-state index in [1.807, 2.05) is 36.4 Å². The average Bonchev–Trinajstić information content (AvgIpc) is 3.32. The highest BCUT2D eigenvalue weighted by atomic mass is 16.5. The molecule has 1 aliphatic rings. The molecule has 6 nitrogen and oxygen atoms in total. The van der Waals surface area contributed by atoms with Crippen LogP contribution in [0.15, 0.2) is 53.0 Å². The number of amides is 1. The van der Waals surface area contributed by atoms with Crippen LogP contribution >= 0.6 is 0 Å². The highest BCUT2D eigenvalue weighted by molar-refractivity contribution is 6.07. The van der Waals surface area contributed by atoms with Crippen LogP contribution in [-0.2, 0) is 14.3 Å². The number of anilines is 1. The lowest BCUT2D eigenvalue weighted by Gasteiger charge is -2.11. The summed E-state index contributed by atoms with van der Waals surface area (Å²) in [5.41, 5.74) is 1.87. The number of hydrogen-bond donors (Lipinski definition) is 1. The standard InChI is InChI=1S/C22H21NO5/c1-26-20-11-16-15-8-4-5-9-18(15)28-19(16)12-17(20)23-21(24)13-27-22(25)10-14-6-2-3-7-14/h2,4-6,8-9,11-12,14H,3,7,10,13H2,1H3,(H,23,24)/t14-/m1/s1. The third-order valence-electron chi connectivity index (χ3n) is 4.88. The van der Waals surface area contributed by atoms with Gasteiger partial charge in [0.2, 0.25) is 0 Å². The van der Waals surface area contributed by atoms with E-state index in [1.54, 1.807) is 6.07 Å². The minimum absolute atomic E-state index is 0.214. The molecular weight excluding hydrogens is 358 g/mol. The van der Waals surface area contributed by atoms with Crippen LogP contribution in [0.25, 0.3) is 21.9 Å². The highest BCUT2D eigenvalue weighted by Gasteiger charge is 2.17. The Bertz CT molecular complexity index is 1070. The zero-order valence-electron chi connectivity index (χ0n) is 15.6. The molecule has 0 spiro atoms. The van der Waals surface area contributed by atoms with Crippen molar-refractivity contribution in [2.75, 3.05) is 19.0 Å². The number of methoxy groups -OCH3 is 1. The number of para-hydroxylation sites is 1. The summed E-state index contributed by atoms with van der Waals surface area (Å²) in [5, 5.41) is 4.61. The van der Waals surface area contributed by atoms with E-state index >= 15 is 0 Å². The first kappa shape index (κ1) is 18.1. The van der Waals surface area contributed by atoms with Crippen LogP contribution in [0.5, 0.6) is 5.75 Å². The van der Waals surface area contributed by atoms with Gasteiger partial charge in [0.05, 0.1) is 19.2 Å². The van der Waals surface area contributed by atoms with E-state index in [9.17, 15) is 9.59 Å². The van der Waals surface area contributed by atoms with Crippen LogP contribution < -0.4 is 10.1 Å². The molecule has 144 valence electrons. The molecule has 0 saturated heterocycles. The molecule has 0 radical (unpaired) electrons. The molecule has 6 heteroatoms. The van der Waals surface area contributed by atoms with Crippen LogP contribution in [0.4, 0.5) is 5.69 Å². The van der Waals surface area contributed by atoms with Crippen molar-refractivity contribution in [2.45, 2.75) is 19.3 Å².